The minimum Gasteiger partial charge on any atom is -0.505 e. The molecule has 1 N–H and O–H groups in total. The second-order valence-electron chi connectivity index (χ2n) is 33.9. The van der Waals surface area contributed by atoms with Crippen molar-refractivity contribution in [1.29, 1.82) is 0 Å². The molecule has 744 valence electrons. The molecule has 12 heterocycles. The zero-order valence-electron chi connectivity index (χ0n) is 79.3. The van der Waals surface area contributed by atoms with Gasteiger partial charge in [0.05, 0.1) is 127 Å². The molecule has 39 heteroatoms. The molecule has 2 amide bonds. The first-order valence-electron chi connectivity index (χ1n) is 46.9. The molecule has 6 fully saturated rings. The van der Waals surface area contributed by atoms with Crippen LogP contribution in [0.5, 0.6) is 35.3 Å². The van der Waals surface area contributed by atoms with Gasteiger partial charge in [-0.15, -0.1) is 47.3 Å². The van der Waals surface area contributed by atoms with Crippen molar-refractivity contribution in [1.82, 2.24) is 54.4 Å². The van der Waals surface area contributed by atoms with E-state index < -0.39 is 17.8 Å². The van der Waals surface area contributed by atoms with Gasteiger partial charge < -0.3 is 94.4 Å². The van der Waals surface area contributed by atoms with E-state index in [2.05, 4.69) is 113 Å². The van der Waals surface area contributed by atoms with E-state index in [4.69, 9.17) is 67.8 Å². The summed E-state index contributed by atoms with van der Waals surface area (Å²) in [6.45, 7) is 38.1. The Morgan fingerprint density at radius 2 is 0.727 bits per heavy atom. The van der Waals surface area contributed by atoms with Crippen LogP contribution in [0.2, 0.25) is 0 Å². The molecule has 9 aliphatic rings. The smallest absolute Gasteiger partial charge is 0.369 e. The number of fused-ring (bicyclic) bond motifs is 6. The Balaban J connectivity index is 0.000000174. The standard InChI is InChI=1S/C32H39FN6O4.C31H37FN6O4.C30H38FN5O3.C6H6O3.CH3.BBr3.W/c1-3-28(40)37-12-14-38(15-13-37)31-25-9-11-39(30-24-8-5-4-7-23(24)21-27(41-2)29(30)33)22-26(25)34-32(35-31)43-18-6-10-36-16-19-42-20-17-36;1-2-27(40)36-11-13-37(14-12-36)30-24-8-10-38(29-23-7-4-3-6-22(23)20-26(39)28(29)32)21-25(24)33-31(34-30)42-17-5-9-35-15-18-41-19-16-35;1-37-26-20-22-8-3-4-9-23(22)28(27(26)31)36-14-10-24-25(21-36)32-30(33-29(24)35-12-5-2-6-13-35)39-17-7-11-34-15-18-38-19-16-34;1-3-5(7)9-6(8)4-2;;2-1(3)4;/h3-5,7-8,21H,1,6,9-20,22H2,2H3;2-4,6-7,20,39H,1,5,8-19,21H2;3-4,8-9,20H,2,5-7,10-19,21H2,1H3;3-4H,1-2H2;1H3;;/q;;;;-1;;. The summed E-state index contributed by atoms with van der Waals surface area (Å²) in [6.07, 6.45) is 12.7. The number of benzene rings is 6. The predicted octanol–water partition coefficient (Wildman–Crippen LogP) is 13.7. The van der Waals surface area contributed by atoms with Gasteiger partial charge in [-0.25, -0.2) is 22.8 Å². The van der Waals surface area contributed by atoms with Gasteiger partial charge in [0.1, 0.15) is 17.5 Å². The largest absolute Gasteiger partial charge is 0.505 e. The summed E-state index contributed by atoms with van der Waals surface area (Å²) in [7, 11) is 3.01. The van der Waals surface area contributed by atoms with E-state index in [-0.39, 0.29) is 72.4 Å². The fraction of sp³-hybridized carbons (Fsp3) is 0.450. The summed E-state index contributed by atoms with van der Waals surface area (Å²) in [5.41, 5.74) is 7.23. The van der Waals surface area contributed by atoms with Crippen LogP contribution in [0.4, 0.5) is 47.7 Å². The fourth-order valence-electron chi connectivity index (χ4n) is 18.4. The van der Waals surface area contributed by atoms with Crippen molar-refractivity contribution in [2.75, 3.05) is 247 Å². The van der Waals surface area contributed by atoms with Crippen LogP contribution in [0.15, 0.2) is 142 Å². The number of phenolic OH excluding ortho intramolecular Hbond substituents is 1. The van der Waals surface area contributed by atoms with E-state index in [0.29, 0.717) is 159 Å². The fourth-order valence-corrected chi connectivity index (χ4v) is 18.4. The molecule has 3 aromatic heterocycles. The van der Waals surface area contributed by atoms with Crippen LogP contribution in [-0.2, 0) is 98.1 Å². The van der Waals surface area contributed by atoms with E-state index in [1.54, 1.807) is 21.9 Å². The molecule has 9 aromatic rings. The van der Waals surface area contributed by atoms with Crippen LogP contribution in [0.1, 0.15) is 72.3 Å². The van der Waals surface area contributed by atoms with Gasteiger partial charge in [0.2, 0.25) is 11.8 Å². The summed E-state index contributed by atoms with van der Waals surface area (Å²) in [4.78, 5) is 97.6. The number of phenols is 1. The summed E-state index contributed by atoms with van der Waals surface area (Å²) in [6, 6.07) is 29.2. The van der Waals surface area contributed by atoms with E-state index in [9.17, 15) is 24.3 Å². The van der Waals surface area contributed by atoms with Gasteiger partial charge in [-0.1, -0.05) is 99.1 Å². The molecule has 6 aromatic carbocycles. The number of esters is 2. The van der Waals surface area contributed by atoms with Crippen LogP contribution in [0.3, 0.4) is 0 Å². The number of carbonyl (C=O) groups excluding carboxylic acids is 4. The molecule has 9 aliphatic heterocycles. The SMILES string of the molecule is BrB(Br)Br.C=CC(=O)N1CCN(c2nc(OCCCN3CCOCC3)nc3c2CCN(c2c(F)c(O)cc4ccccc24)C3)CC1.C=CC(=O)N1CCN(c2nc(OCCCN3CCOCC3)nc3c2CCN(c2c(F)c(OC)cc4ccccc24)C3)CC1.C=CC(=O)OC(=O)C=C.COc1cc2ccccc2c(N2CCc3c(nc(OCCCN4CCOCC4)nc3N3CCCCC3)C2)c1F.[CH3-].[W]. The number of piperidine rings is 1. The number of hydrogen-bond donors (Lipinski definition) is 1. The van der Waals surface area contributed by atoms with Crippen molar-refractivity contribution in [3.8, 4) is 35.3 Å². The first-order valence-corrected chi connectivity index (χ1v) is 49.6. The summed E-state index contributed by atoms with van der Waals surface area (Å²) >= 11 is 9.31. The number of carbonyl (C=O) groups is 4. The monoisotopic (exact) mass is 2270 g/mol. The van der Waals surface area contributed by atoms with Gasteiger partial charge in [-0.05, 0) is 104 Å². The number of morpholine rings is 3. The van der Waals surface area contributed by atoms with Crippen LogP contribution in [-0.4, -0.2) is 304 Å². The van der Waals surface area contributed by atoms with Crippen molar-refractivity contribution >= 4 is 141 Å². The molecule has 0 saturated carbocycles. The van der Waals surface area contributed by atoms with Crippen molar-refractivity contribution in [3.05, 3.63) is 200 Å². The number of ether oxygens (including phenoxy) is 9. The van der Waals surface area contributed by atoms with Crippen molar-refractivity contribution < 1.29 is 101 Å². The zero-order valence-corrected chi connectivity index (χ0v) is 87.0. The maximum Gasteiger partial charge on any atom is 0.369 e. The number of nitrogens with zero attached hydrogens (tertiary/aromatic N) is 17. The van der Waals surface area contributed by atoms with Crippen LogP contribution < -0.4 is 53.1 Å². The van der Waals surface area contributed by atoms with Crippen LogP contribution in [0.25, 0.3) is 32.3 Å². The van der Waals surface area contributed by atoms with Gasteiger partial charge in [0, 0.05) is 210 Å². The minimum atomic E-state index is -0.764. The van der Waals surface area contributed by atoms with Gasteiger partial charge in [-0.3, -0.25) is 24.3 Å². The molecule has 0 unspecified atom stereocenters. The number of methoxy groups -OCH3 is 2. The molecule has 0 bridgehead atoms. The maximum absolute atomic E-state index is 15.8. The number of aromatic nitrogens is 6. The van der Waals surface area contributed by atoms with Crippen molar-refractivity contribution in [3.63, 3.8) is 0 Å². The normalized spacial score (nSPS) is 16.6. The third-order valence-corrected chi connectivity index (χ3v) is 25.4. The molecule has 0 atom stereocenters. The number of piperazine rings is 2. The Labute approximate surface area is 850 Å². The maximum atomic E-state index is 15.8. The molecule has 0 aliphatic carbocycles. The Kier molecular flexibility index (Phi) is 41.4. The summed E-state index contributed by atoms with van der Waals surface area (Å²) in [5, 5.41) is 15.5. The third kappa shape index (κ3) is 28.4. The molecule has 18 rings (SSSR count). The van der Waals surface area contributed by atoms with Crippen LogP contribution >= 0.6 is 47.3 Å². The average molecular weight is 2280 g/mol. The second-order valence-corrected chi connectivity index (χ2v) is 40.4. The first-order chi connectivity index (χ1) is 66.7. The molecule has 139 heavy (non-hydrogen) atoms. The number of anilines is 6. The van der Waals surface area contributed by atoms with Crippen molar-refractivity contribution in [2.24, 2.45) is 0 Å². The molecule has 0 spiro atoms. The van der Waals surface area contributed by atoms with E-state index >= 15 is 13.2 Å². The molecule has 0 radical (unpaired) electrons. The summed E-state index contributed by atoms with van der Waals surface area (Å²) < 4.78 is 96.8. The number of rotatable bonds is 27. The van der Waals surface area contributed by atoms with Gasteiger partial charge in [0.25, 0.3) is 0 Å². The Bertz CT molecular complexity index is 5680. The van der Waals surface area contributed by atoms with Gasteiger partial charge in [-0.2, -0.15) is 29.9 Å². The topological polar surface area (TPSA) is 285 Å². The Morgan fingerprint density at radius 3 is 1.04 bits per heavy atom. The van der Waals surface area contributed by atoms with E-state index in [0.717, 1.165) is 227 Å². The summed E-state index contributed by atoms with van der Waals surface area (Å²) in [5.74, 6) is -0.220. The molecule has 31 nitrogen and oxygen atoms in total. The van der Waals surface area contributed by atoms with Crippen molar-refractivity contribution in [2.45, 2.75) is 77.4 Å². The molecular formula is C100H123BBr3F3N17O14W-. The second kappa shape index (κ2) is 53.5. The predicted molar refractivity (Wildman–Crippen MR) is 543 cm³/mol. The molecular weight excluding hydrogens is 2150 g/mol. The number of aromatic hydroxyl groups is 1. The number of hydrogen-bond acceptors (Lipinski definition) is 29. The zero-order chi connectivity index (χ0) is 96.3. The van der Waals surface area contributed by atoms with Gasteiger partial charge >= 0.3 is 33.2 Å². The Morgan fingerprint density at radius 1 is 0.417 bits per heavy atom. The van der Waals surface area contributed by atoms with Gasteiger partial charge in [0.15, 0.2) is 34.7 Å². The number of amides is 2. The van der Waals surface area contributed by atoms with E-state index in [1.165, 1.54) is 57.3 Å². The Hall–Kier alpha value is -10.3. The third-order valence-electron chi connectivity index (χ3n) is 25.4. The average Bonchev–Trinajstić information content (AvgIpc) is 0.767. The first kappa shape index (κ1) is 108. The minimum absolute atomic E-state index is 0. The van der Waals surface area contributed by atoms with E-state index in [1.807, 2.05) is 82.6 Å². The van der Waals surface area contributed by atoms with Crippen LogP contribution in [0, 0.1) is 24.9 Å². The number of halogens is 6. The quantitative estimate of drug-likeness (QED) is 0.0125. The molecule has 6 saturated heterocycles.